The van der Waals surface area contributed by atoms with Crippen LogP contribution in [0.2, 0.25) is 0 Å². The molecule has 3 aromatic rings. The SMILES string of the molecule is CN(C)c1ccc(/C=C(\C#N)c2nc(-c3ccccc3)cs2)cc1. The molecule has 0 bridgehead atoms. The number of thiazole rings is 1. The zero-order chi connectivity index (χ0) is 16.9. The van der Waals surface area contributed by atoms with Crippen LogP contribution in [0.15, 0.2) is 60.0 Å². The topological polar surface area (TPSA) is 39.9 Å². The van der Waals surface area contributed by atoms with E-state index in [0.29, 0.717) is 5.57 Å². The molecule has 0 saturated heterocycles. The smallest absolute Gasteiger partial charge is 0.134 e. The second-order valence-corrected chi connectivity index (χ2v) is 6.42. The highest BCUT2D eigenvalue weighted by atomic mass is 32.1. The van der Waals surface area contributed by atoms with Crippen LogP contribution in [0, 0.1) is 11.3 Å². The van der Waals surface area contributed by atoms with Crippen molar-refractivity contribution in [1.29, 1.82) is 5.26 Å². The predicted octanol–water partition coefficient (Wildman–Crippen LogP) is 4.94. The molecule has 3 rings (SSSR count). The Morgan fingerprint density at radius 2 is 1.79 bits per heavy atom. The summed E-state index contributed by atoms with van der Waals surface area (Å²) in [6.07, 6.45) is 1.88. The summed E-state index contributed by atoms with van der Waals surface area (Å²) in [5.41, 5.74) is 4.67. The van der Waals surface area contributed by atoms with E-state index in [0.717, 1.165) is 27.5 Å². The van der Waals surface area contributed by atoms with E-state index in [9.17, 15) is 5.26 Å². The standard InChI is InChI=1S/C20H17N3S/c1-23(2)18-10-8-15(9-11-18)12-17(13-21)20-22-19(14-24-20)16-6-4-3-5-7-16/h3-12,14H,1-2H3/b17-12+. The predicted molar refractivity (Wildman–Crippen MR) is 102 cm³/mol. The largest absolute Gasteiger partial charge is 0.378 e. The first kappa shape index (κ1) is 16.0. The molecule has 0 fully saturated rings. The van der Waals surface area contributed by atoms with Crippen LogP contribution in [0.5, 0.6) is 0 Å². The Bertz CT molecular complexity index is 885. The molecule has 1 heterocycles. The van der Waals surface area contributed by atoms with Crippen molar-refractivity contribution in [3.8, 4) is 17.3 Å². The maximum absolute atomic E-state index is 9.50. The summed E-state index contributed by atoms with van der Waals surface area (Å²) >= 11 is 1.49. The number of nitriles is 1. The molecule has 0 unspecified atom stereocenters. The molecule has 0 atom stereocenters. The summed E-state index contributed by atoms with van der Waals surface area (Å²) in [4.78, 5) is 6.66. The fraction of sp³-hybridized carbons (Fsp3) is 0.100. The number of aromatic nitrogens is 1. The normalized spacial score (nSPS) is 11.1. The van der Waals surface area contributed by atoms with E-state index in [-0.39, 0.29) is 0 Å². The van der Waals surface area contributed by atoms with Crippen molar-refractivity contribution in [3.05, 3.63) is 70.5 Å². The van der Waals surface area contributed by atoms with E-state index in [1.165, 1.54) is 11.3 Å². The minimum Gasteiger partial charge on any atom is -0.378 e. The van der Waals surface area contributed by atoms with Gasteiger partial charge in [-0.3, -0.25) is 0 Å². The highest BCUT2D eigenvalue weighted by molar-refractivity contribution is 7.11. The molecule has 0 aliphatic rings. The molecule has 0 N–H and O–H groups in total. The molecule has 24 heavy (non-hydrogen) atoms. The Kier molecular flexibility index (Phi) is 4.74. The number of benzene rings is 2. The molecule has 118 valence electrons. The molecule has 0 saturated carbocycles. The Morgan fingerprint density at radius 3 is 2.42 bits per heavy atom. The molecule has 0 amide bonds. The van der Waals surface area contributed by atoms with Gasteiger partial charge in [0.05, 0.1) is 11.3 Å². The summed E-state index contributed by atoms with van der Waals surface area (Å²) in [5.74, 6) is 0. The summed E-state index contributed by atoms with van der Waals surface area (Å²) in [5, 5.41) is 12.2. The van der Waals surface area contributed by atoms with Crippen LogP contribution >= 0.6 is 11.3 Å². The van der Waals surface area contributed by atoms with Gasteiger partial charge in [0, 0.05) is 30.7 Å². The van der Waals surface area contributed by atoms with Gasteiger partial charge in [0.1, 0.15) is 11.1 Å². The number of nitrogens with zero attached hydrogens (tertiary/aromatic N) is 3. The maximum atomic E-state index is 9.50. The quantitative estimate of drug-likeness (QED) is 0.636. The van der Waals surface area contributed by atoms with Gasteiger partial charge in [0.2, 0.25) is 0 Å². The van der Waals surface area contributed by atoms with E-state index < -0.39 is 0 Å². The molecular formula is C20H17N3S. The van der Waals surface area contributed by atoms with Crippen LogP contribution in [0.25, 0.3) is 22.9 Å². The molecule has 0 aliphatic carbocycles. The van der Waals surface area contributed by atoms with Gasteiger partial charge in [0.15, 0.2) is 0 Å². The van der Waals surface area contributed by atoms with Crippen molar-refractivity contribution in [2.45, 2.75) is 0 Å². The Balaban J connectivity index is 1.89. The van der Waals surface area contributed by atoms with Crippen molar-refractivity contribution in [2.75, 3.05) is 19.0 Å². The van der Waals surface area contributed by atoms with Crippen LogP contribution in [0.4, 0.5) is 5.69 Å². The van der Waals surface area contributed by atoms with Crippen molar-refractivity contribution in [1.82, 2.24) is 4.98 Å². The third kappa shape index (κ3) is 3.53. The van der Waals surface area contributed by atoms with Crippen molar-refractivity contribution in [3.63, 3.8) is 0 Å². The van der Waals surface area contributed by atoms with Gasteiger partial charge in [-0.1, -0.05) is 42.5 Å². The van der Waals surface area contributed by atoms with Gasteiger partial charge in [-0.25, -0.2) is 4.98 Å². The second-order valence-electron chi connectivity index (χ2n) is 5.56. The van der Waals surface area contributed by atoms with E-state index in [1.807, 2.05) is 85.0 Å². The van der Waals surface area contributed by atoms with Gasteiger partial charge in [-0.05, 0) is 23.8 Å². The number of hydrogen-bond acceptors (Lipinski definition) is 4. The van der Waals surface area contributed by atoms with Gasteiger partial charge in [-0.15, -0.1) is 11.3 Å². The van der Waals surface area contributed by atoms with Gasteiger partial charge < -0.3 is 4.90 Å². The molecule has 1 aromatic heterocycles. The first-order chi connectivity index (χ1) is 11.7. The minimum atomic E-state index is 0.583. The first-order valence-electron chi connectivity index (χ1n) is 7.58. The average molecular weight is 331 g/mol. The lowest BCUT2D eigenvalue weighted by molar-refractivity contribution is 1.13. The lowest BCUT2D eigenvalue weighted by Gasteiger charge is -2.11. The summed E-state index contributed by atoms with van der Waals surface area (Å²) in [7, 11) is 4.01. The van der Waals surface area contributed by atoms with E-state index in [2.05, 4.69) is 11.1 Å². The summed E-state index contributed by atoms with van der Waals surface area (Å²) < 4.78 is 0. The van der Waals surface area contributed by atoms with Crippen LogP contribution < -0.4 is 4.90 Å². The monoisotopic (exact) mass is 331 g/mol. The van der Waals surface area contributed by atoms with E-state index in [1.54, 1.807) is 0 Å². The zero-order valence-corrected chi connectivity index (χ0v) is 14.4. The number of allylic oxidation sites excluding steroid dienone is 1. The Hall–Kier alpha value is -2.90. The molecule has 2 aromatic carbocycles. The Labute approximate surface area is 146 Å². The fourth-order valence-corrected chi connectivity index (χ4v) is 3.11. The third-order valence-corrected chi connectivity index (χ3v) is 4.52. The van der Waals surface area contributed by atoms with Gasteiger partial charge >= 0.3 is 0 Å². The van der Waals surface area contributed by atoms with Crippen molar-refractivity contribution >= 4 is 28.7 Å². The lowest BCUT2D eigenvalue weighted by atomic mass is 10.1. The maximum Gasteiger partial charge on any atom is 0.134 e. The first-order valence-corrected chi connectivity index (χ1v) is 8.46. The number of rotatable bonds is 4. The van der Waals surface area contributed by atoms with Crippen LogP contribution in [-0.2, 0) is 0 Å². The molecular weight excluding hydrogens is 314 g/mol. The zero-order valence-electron chi connectivity index (χ0n) is 13.6. The molecule has 0 spiro atoms. The number of anilines is 1. The molecule has 3 nitrogen and oxygen atoms in total. The molecule has 4 heteroatoms. The van der Waals surface area contributed by atoms with Crippen molar-refractivity contribution < 1.29 is 0 Å². The minimum absolute atomic E-state index is 0.583. The van der Waals surface area contributed by atoms with E-state index in [4.69, 9.17) is 0 Å². The highest BCUT2D eigenvalue weighted by Gasteiger charge is 2.09. The summed E-state index contributed by atoms with van der Waals surface area (Å²) in [6.45, 7) is 0. The van der Waals surface area contributed by atoms with Gasteiger partial charge in [0.25, 0.3) is 0 Å². The average Bonchev–Trinajstić information content (AvgIpc) is 3.11. The van der Waals surface area contributed by atoms with Gasteiger partial charge in [-0.2, -0.15) is 5.26 Å². The van der Waals surface area contributed by atoms with Crippen LogP contribution in [0.3, 0.4) is 0 Å². The number of hydrogen-bond donors (Lipinski definition) is 0. The van der Waals surface area contributed by atoms with Crippen molar-refractivity contribution in [2.24, 2.45) is 0 Å². The Morgan fingerprint density at radius 1 is 1.08 bits per heavy atom. The third-order valence-electron chi connectivity index (χ3n) is 3.65. The van der Waals surface area contributed by atoms with Crippen LogP contribution in [-0.4, -0.2) is 19.1 Å². The molecule has 0 radical (unpaired) electrons. The van der Waals surface area contributed by atoms with Crippen LogP contribution in [0.1, 0.15) is 10.6 Å². The van der Waals surface area contributed by atoms with E-state index >= 15 is 0 Å². The highest BCUT2D eigenvalue weighted by Crippen LogP contribution is 2.27. The molecule has 0 aliphatic heterocycles. The lowest BCUT2D eigenvalue weighted by Crippen LogP contribution is -2.07. The fourth-order valence-electron chi connectivity index (χ4n) is 2.32. The summed E-state index contributed by atoms with van der Waals surface area (Å²) in [6, 6.07) is 20.4. The second kappa shape index (κ2) is 7.12.